The van der Waals surface area contributed by atoms with E-state index in [1.54, 1.807) is 26.4 Å². The zero-order valence-corrected chi connectivity index (χ0v) is 10.4. The highest BCUT2D eigenvalue weighted by Gasteiger charge is 2.16. The van der Waals surface area contributed by atoms with E-state index in [0.29, 0.717) is 22.9 Å². The summed E-state index contributed by atoms with van der Waals surface area (Å²) < 4.78 is 11.2. The average molecular weight is 284 g/mol. The number of anilines is 1. The Labute approximate surface area is 101 Å². The maximum absolute atomic E-state index is 5.55. The Kier molecular flexibility index (Phi) is 2.82. The van der Waals surface area contributed by atoms with Gasteiger partial charge in [-0.2, -0.15) is 0 Å². The number of rotatable bonds is 2. The molecule has 0 bridgehead atoms. The Hall–Kier alpha value is -1.56. The molecule has 0 saturated heterocycles. The molecule has 1 heterocycles. The third kappa shape index (κ3) is 1.76. The molecule has 84 valence electrons. The molecule has 0 aromatic carbocycles. The lowest BCUT2D eigenvalue weighted by molar-refractivity contribution is 0.409. The van der Waals surface area contributed by atoms with Crippen LogP contribution >= 0.6 is 15.9 Å². The topological polar surface area (TPSA) is 70.3 Å². The highest BCUT2D eigenvalue weighted by atomic mass is 79.9. The van der Waals surface area contributed by atoms with Gasteiger partial charge in [0, 0.05) is 12.1 Å². The summed E-state index contributed by atoms with van der Waals surface area (Å²) in [5.74, 6) is 1.46. The fourth-order valence-corrected chi connectivity index (χ4v) is 1.90. The molecule has 0 aromatic heterocycles. The molecular weight excluding hydrogens is 274 g/mol. The van der Waals surface area contributed by atoms with Crippen molar-refractivity contribution in [2.24, 2.45) is 0 Å². The van der Waals surface area contributed by atoms with E-state index < -0.39 is 0 Å². The molecule has 0 atom stereocenters. The number of hydrogen-bond donors (Lipinski definition) is 1. The Bertz CT molecular complexity index is 504. The summed E-state index contributed by atoms with van der Waals surface area (Å²) in [6.45, 7) is 0. The zero-order chi connectivity index (χ0) is 11.7. The maximum atomic E-state index is 5.55. The fraction of sp³-hybridized carbons (Fsp3) is 0.200. The van der Waals surface area contributed by atoms with Gasteiger partial charge in [-0.1, -0.05) is 0 Å². The molecule has 6 heteroatoms. The standard InChI is InChI=1S/C10H10BrN3O2/c1-15-7-4-6-9(14-10(12)13-6)8(16-2)3-5(7)11/h3-4H,1-2H3,(H2,12,13,14). The molecule has 0 amide bonds. The molecule has 1 aliphatic heterocycles. The maximum Gasteiger partial charge on any atom is 0.221 e. The molecule has 0 radical (unpaired) electrons. The van der Waals surface area contributed by atoms with Crippen molar-refractivity contribution in [2.45, 2.75) is 0 Å². The van der Waals surface area contributed by atoms with E-state index in [-0.39, 0.29) is 5.95 Å². The van der Waals surface area contributed by atoms with Gasteiger partial charge in [-0.3, -0.25) is 0 Å². The summed E-state index contributed by atoms with van der Waals surface area (Å²) in [5, 5.41) is 0. The highest BCUT2D eigenvalue weighted by Crippen LogP contribution is 2.36. The molecule has 0 aromatic rings. The summed E-state index contributed by atoms with van der Waals surface area (Å²) in [7, 11) is 3.15. The lowest BCUT2D eigenvalue weighted by Crippen LogP contribution is -1.86. The predicted molar refractivity (Wildman–Crippen MR) is 63.9 cm³/mol. The minimum Gasteiger partial charge on any atom is -0.495 e. The van der Waals surface area contributed by atoms with E-state index in [0.717, 1.165) is 4.47 Å². The van der Waals surface area contributed by atoms with Crippen LogP contribution in [0.4, 0.5) is 5.95 Å². The number of imidazole rings is 1. The summed E-state index contributed by atoms with van der Waals surface area (Å²) in [6, 6.07) is 3.53. The van der Waals surface area contributed by atoms with Gasteiger partial charge >= 0.3 is 0 Å². The van der Waals surface area contributed by atoms with Crippen LogP contribution in [0.15, 0.2) is 16.6 Å². The quantitative estimate of drug-likeness (QED) is 0.912. The number of nitrogens with two attached hydrogens (primary N) is 1. The molecular formula is C10H10BrN3O2. The van der Waals surface area contributed by atoms with Crippen LogP contribution in [0.25, 0.3) is 11.4 Å². The largest absolute Gasteiger partial charge is 0.495 e. The Balaban J connectivity index is 2.77. The summed E-state index contributed by atoms with van der Waals surface area (Å²) >= 11 is 3.39. The van der Waals surface area contributed by atoms with Gasteiger partial charge in [-0.25, -0.2) is 9.97 Å². The van der Waals surface area contributed by atoms with Gasteiger partial charge in [-0.05, 0) is 15.9 Å². The second-order valence-corrected chi connectivity index (χ2v) is 3.94. The molecule has 1 aliphatic carbocycles. The van der Waals surface area contributed by atoms with Crippen molar-refractivity contribution in [3.63, 3.8) is 0 Å². The van der Waals surface area contributed by atoms with E-state index in [2.05, 4.69) is 25.9 Å². The first-order valence-electron chi connectivity index (χ1n) is 4.50. The lowest BCUT2D eigenvalue weighted by atomic mass is 10.3. The van der Waals surface area contributed by atoms with Crippen molar-refractivity contribution < 1.29 is 9.47 Å². The molecule has 0 spiro atoms. The fourth-order valence-electron chi connectivity index (χ4n) is 1.41. The van der Waals surface area contributed by atoms with Gasteiger partial charge in [0.1, 0.15) is 22.9 Å². The minimum atomic E-state index is 0.220. The van der Waals surface area contributed by atoms with Crippen molar-refractivity contribution in [3.8, 4) is 22.9 Å². The predicted octanol–water partition coefficient (Wildman–Crippen LogP) is 1.94. The van der Waals surface area contributed by atoms with Gasteiger partial charge in [0.25, 0.3) is 0 Å². The van der Waals surface area contributed by atoms with Crippen LogP contribution in [0.2, 0.25) is 0 Å². The zero-order valence-electron chi connectivity index (χ0n) is 8.82. The highest BCUT2D eigenvalue weighted by molar-refractivity contribution is 9.10. The SMILES string of the molecule is COc1cc2nc(N)nc-2c(OC)cc1Br. The molecule has 2 N–H and O–H groups in total. The first-order chi connectivity index (χ1) is 7.65. The van der Waals surface area contributed by atoms with E-state index >= 15 is 0 Å². The molecule has 0 saturated carbocycles. The second kappa shape index (κ2) is 4.13. The third-order valence-corrected chi connectivity index (χ3v) is 2.76. The molecule has 16 heavy (non-hydrogen) atoms. The van der Waals surface area contributed by atoms with Crippen molar-refractivity contribution >= 4 is 21.9 Å². The summed E-state index contributed by atoms with van der Waals surface area (Å²) in [6.07, 6.45) is 0. The lowest BCUT2D eigenvalue weighted by Gasteiger charge is -1.98. The van der Waals surface area contributed by atoms with Crippen molar-refractivity contribution in [3.05, 3.63) is 16.6 Å². The third-order valence-electron chi connectivity index (χ3n) is 2.14. The van der Waals surface area contributed by atoms with E-state index in [4.69, 9.17) is 15.2 Å². The number of ether oxygens (including phenoxy) is 2. The van der Waals surface area contributed by atoms with Gasteiger partial charge in [0.15, 0.2) is 0 Å². The van der Waals surface area contributed by atoms with Crippen LogP contribution in [0, 0.1) is 0 Å². The number of nitrogens with zero attached hydrogens (tertiary/aromatic N) is 2. The van der Waals surface area contributed by atoms with E-state index in [9.17, 15) is 0 Å². The second-order valence-electron chi connectivity index (χ2n) is 3.09. The first kappa shape index (κ1) is 10.9. The van der Waals surface area contributed by atoms with E-state index in [1.807, 2.05) is 0 Å². The van der Waals surface area contributed by atoms with Crippen LogP contribution in [-0.2, 0) is 0 Å². The number of nitrogen functional groups attached to an aromatic ring is 1. The molecule has 2 aliphatic rings. The Morgan fingerprint density at radius 1 is 1.12 bits per heavy atom. The van der Waals surface area contributed by atoms with Crippen LogP contribution in [0.3, 0.4) is 0 Å². The van der Waals surface area contributed by atoms with Crippen molar-refractivity contribution in [1.82, 2.24) is 9.97 Å². The molecule has 2 rings (SSSR count). The number of fused-ring (bicyclic) bond motifs is 1. The number of aromatic nitrogens is 2. The monoisotopic (exact) mass is 283 g/mol. The average Bonchev–Trinajstić information content (AvgIpc) is 2.57. The van der Waals surface area contributed by atoms with Gasteiger partial charge in [0.2, 0.25) is 5.95 Å². The number of methoxy groups -OCH3 is 2. The van der Waals surface area contributed by atoms with Crippen LogP contribution in [-0.4, -0.2) is 24.2 Å². The van der Waals surface area contributed by atoms with Crippen molar-refractivity contribution in [1.29, 1.82) is 0 Å². The van der Waals surface area contributed by atoms with Gasteiger partial charge in [-0.15, -0.1) is 0 Å². The Morgan fingerprint density at radius 3 is 2.44 bits per heavy atom. The number of hydrogen-bond acceptors (Lipinski definition) is 5. The smallest absolute Gasteiger partial charge is 0.221 e. The number of halogens is 1. The first-order valence-corrected chi connectivity index (χ1v) is 5.29. The summed E-state index contributed by atoms with van der Waals surface area (Å²) in [5.41, 5.74) is 6.81. The minimum absolute atomic E-state index is 0.220. The van der Waals surface area contributed by atoms with Crippen molar-refractivity contribution in [2.75, 3.05) is 20.0 Å². The van der Waals surface area contributed by atoms with E-state index in [1.165, 1.54) is 0 Å². The van der Waals surface area contributed by atoms with Crippen LogP contribution < -0.4 is 15.2 Å². The normalized spacial score (nSPS) is 10.4. The van der Waals surface area contributed by atoms with Gasteiger partial charge in [0.05, 0.1) is 18.7 Å². The summed E-state index contributed by atoms with van der Waals surface area (Å²) in [4.78, 5) is 8.20. The molecule has 0 fully saturated rings. The van der Waals surface area contributed by atoms with Gasteiger partial charge < -0.3 is 15.2 Å². The Morgan fingerprint density at radius 2 is 1.81 bits per heavy atom. The van der Waals surface area contributed by atoms with Crippen LogP contribution in [0.1, 0.15) is 0 Å². The molecule has 5 nitrogen and oxygen atoms in total. The van der Waals surface area contributed by atoms with Crippen LogP contribution in [0.5, 0.6) is 11.5 Å². The molecule has 0 unspecified atom stereocenters.